The van der Waals surface area contributed by atoms with Gasteiger partial charge in [-0.15, -0.1) is 0 Å². The van der Waals surface area contributed by atoms with Crippen LogP contribution in [0.1, 0.15) is 38.5 Å². The molecular formula is C17H26N2O. The average molecular weight is 274 g/mol. The van der Waals surface area contributed by atoms with Crippen molar-refractivity contribution in [2.45, 2.75) is 38.5 Å². The number of hydrogen-bond donors (Lipinski definition) is 0. The summed E-state index contributed by atoms with van der Waals surface area (Å²) in [6.07, 6.45) is 8.01. The van der Waals surface area contributed by atoms with Crippen molar-refractivity contribution >= 4 is 11.4 Å². The lowest BCUT2D eigenvalue weighted by molar-refractivity contribution is 0.414. The Bertz CT molecular complexity index is 398. The van der Waals surface area contributed by atoms with Crippen LogP contribution in [0.2, 0.25) is 0 Å². The second-order valence-electron chi connectivity index (χ2n) is 5.98. The minimum atomic E-state index is 0.994. The normalized spacial score (nSPS) is 20.1. The van der Waals surface area contributed by atoms with Gasteiger partial charge in [0.2, 0.25) is 0 Å². The number of rotatable bonds is 3. The Morgan fingerprint density at radius 2 is 1.15 bits per heavy atom. The topological polar surface area (TPSA) is 15.7 Å². The third-order valence-corrected chi connectivity index (χ3v) is 4.55. The van der Waals surface area contributed by atoms with E-state index in [1.807, 2.05) is 0 Å². The van der Waals surface area contributed by atoms with E-state index >= 15 is 0 Å². The summed E-state index contributed by atoms with van der Waals surface area (Å²) in [5, 5.41) is 0. The first-order valence-electron chi connectivity index (χ1n) is 8.06. The number of piperidine rings is 2. The summed E-state index contributed by atoms with van der Waals surface area (Å²) in [4.78, 5) is 5.03. The number of anilines is 2. The Hall–Kier alpha value is -1.38. The van der Waals surface area contributed by atoms with E-state index in [2.05, 4.69) is 28.0 Å². The fourth-order valence-electron chi connectivity index (χ4n) is 3.36. The Morgan fingerprint density at radius 3 is 1.55 bits per heavy atom. The van der Waals surface area contributed by atoms with Gasteiger partial charge in [-0.2, -0.15) is 0 Å². The Morgan fingerprint density at radius 1 is 0.700 bits per heavy atom. The van der Waals surface area contributed by atoms with E-state index in [9.17, 15) is 0 Å². The van der Waals surface area contributed by atoms with Crippen molar-refractivity contribution < 1.29 is 4.74 Å². The minimum absolute atomic E-state index is 0.994. The second kappa shape index (κ2) is 6.38. The van der Waals surface area contributed by atoms with Crippen molar-refractivity contribution in [3.8, 4) is 5.75 Å². The third-order valence-electron chi connectivity index (χ3n) is 4.55. The third kappa shape index (κ3) is 3.02. The number of ether oxygens (including phenoxy) is 1. The van der Waals surface area contributed by atoms with Crippen LogP contribution in [-0.2, 0) is 0 Å². The highest BCUT2D eigenvalue weighted by Crippen LogP contribution is 2.32. The smallest absolute Gasteiger partial charge is 0.122 e. The van der Waals surface area contributed by atoms with Gasteiger partial charge in [0, 0.05) is 49.7 Å². The molecule has 0 saturated carbocycles. The maximum atomic E-state index is 5.52. The molecule has 2 aliphatic rings. The molecule has 0 aliphatic carbocycles. The molecule has 2 fully saturated rings. The quantitative estimate of drug-likeness (QED) is 0.836. The molecule has 110 valence electrons. The molecule has 0 N–H and O–H groups in total. The van der Waals surface area contributed by atoms with Gasteiger partial charge in [0.05, 0.1) is 7.11 Å². The molecule has 0 bridgehead atoms. The van der Waals surface area contributed by atoms with Crippen molar-refractivity contribution in [2.75, 3.05) is 43.1 Å². The fourth-order valence-corrected chi connectivity index (χ4v) is 3.36. The Labute approximate surface area is 122 Å². The van der Waals surface area contributed by atoms with Crippen LogP contribution in [0.15, 0.2) is 18.2 Å². The van der Waals surface area contributed by atoms with E-state index in [0.717, 1.165) is 5.75 Å². The lowest BCUT2D eigenvalue weighted by Crippen LogP contribution is -2.31. The van der Waals surface area contributed by atoms with Gasteiger partial charge in [-0.25, -0.2) is 0 Å². The zero-order valence-corrected chi connectivity index (χ0v) is 12.6. The summed E-state index contributed by atoms with van der Waals surface area (Å²) in [6.45, 7) is 4.75. The van der Waals surface area contributed by atoms with Crippen LogP contribution < -0.4 is 14.5 Å². The van der Waals surface area contributed by atoms with Crippen molar-refractivity contribution in [1.82, 2.24) is 0 Å². The molecule has 0 radical (unpaired) electrons. The van der Waals surface area contributed by atoms with Gasteiger partial charge < -0.3 is 14.5 Å². The molecule has 0 atom stereocenters. The monoisotopic (exact) mass is 274 g/mol. The van der Waals surface area contributed by atoms with Crippen LogP contribution in [0.5, 0.6) is 5.75 Å². The van der Waals surface area contributed by atoms with Gasteiger partial charge in [-0.1, -0.05) is 0 Å². The number of nitrogens with zero attached hydrogens (tertiary/aromatic N) is 2. The molecule has 20 heavy (non-hydrogen) atoms. The number of hydrogen-bond acceptors (Lipinski definition) is 3. The lowest BCUT2D eigenvalue weighted by atomic mass is 10.1. The van der Waals surface area contributed by atoms with Crippen molar-refractivity contribution in [1.29, 1.82) is 0 Å². The van der Waals surface area contributed by atoms with Crippen LogP contribution >= 0.6 is 0 Å². The minimum Gasteiger partial charge on any atom is -0.497 e. The van der Waals surface area contributed by atoms with E-state index in [0.29, 0.717) is 0 Å². The molecule has 3 rings (SSSR count). The molecule has 0 aromatic heterocycles. The highest BCUT2D eigenvalue weighted by Gasteiger charge is 2.16. The SMILES string of the molecule is COc1cc(N2CCCCC2)cc(N2CCCCC2)c1. The van der Waals surface area contributed by atoms with Crippen LogP contribution in [-0.4, -0.2) is 33.3 Å². The largest absolute Gasteiger partial charge is 0.497 e. The first-order valence-corrected chi connectivity index (χ1v) is 8.06. The molecule has 3 nitrogen and oxygen atoms in total. The van der Waals surface area contributed by atoms with Crippen molar-refractivity contribution in [3.63, 3.8) is 0 Å². The molecule has 2 saturated heterocycles. The van der Waals surface area contributed by atoms with Crippen molar-refractivity contribution in [2.24, 2.45) is 0 Å². The molecule has 0 amide bonds. The lowest BCUT2D eigenvalue weighted by Gasteiger charge is -2.32. The standard InChI is InChI=1S/C17H26N2O/c1-20-17-13-15(18-8-4-2-5-9-18)12-16(14-17)19-10-6-3-7-11-19/h12-14H,2-11H2,1H3. The van der Waals surface area contributed by atoms with Crippen LogP contribution in [0.25, 0.3) is 0 Å². The van der Waals surface area contributed by atoms with Gasteiger partial charge in [0.15, 0.2) is 0 Å². The molecule has 1 aromatic rings. The zero-order valence-electron chi connectivity index (χ0n) is 12.6. The first-order chi connectivity index (χ1) is 9.86. The maximum absolute atomic E-state index is 5.52. The maximum Gasteiger partial charge on any atom is 0.122 e. The molecule has 0 spiro atoms. The predicted molar refractivity (Wildman–Crippen MR) is 85.1 cm³/mol. The molecule has 3 heteroatoms. The highest BCUT2D eigenvalue weighted by atomic mass is 16.5. The van der Waals surface area contributed by atoms with Gasteiger partial charge in [0.1, 0.15) is 5.75 Å². The van der Waals surface area contributed by atoms with Crippen LogP contribution in [0.4, 0.5) is 11.4 Å². The number of benzene rings is 1. The van der Waals surface area contributed by atoms with Gasteiger partial charge in [0.25, 0.3) is 0 Å². The predicted octanol–water partition coefficient (Wildman–Crippen LogP) is 3.68. The van der Waals surface area contributed by atoms with Crippen LogP contribution in [0.3, 0.4) is 0 Å². The van der Waals surface area contributed by atoms with E-state index in [-0.39, 0.29) is 0 Å². The van der Waals surface area contributed by atoms with Crippen molar-refractivity contribution in [3.05, 3.63) is 18.2 Å². The molecular weight excluding hydrogens is 248 g/mol. The Kier molecular flexibility index (Phi) is 4.34. The molecule has 0 unspecified atom stereocenters. The van der Waals surface area contributed by atoms with E-state index in [1.54, 1.807) is 7.11 Å². The van der Waals surface area contributed by atoms with Gasteiger partial charge >= 0.3 is 0 Å². The van der Waals surface area contributed by atoms with Gasteiger partial charge in [-0.3, -0.25) is 0 Å². The summed E-state index contributed by atoms with van der Waals surface area (Å²) >= 11 is 0. The summed E-state index contributed by atoms with van der Waals surface area (Å²) in [7, 11) is 1.77. The first kappa shape index (κ1) is 13.6. The molecule has 2 heterocycles. The number of methoxy groups -OCH3 is 1. The van der Waals surface area contributed by atoms with E-state index < -0.39 is 0 Å². The Balaban J connectivity index is 1.85. The second-order valence-corrected chi connectivity index (χ2v) is 5.98. The van der Waals surface area contributed by atoms with Gasteiger partial charge in [-0.05, 0) is 44.6 Å². The summed E-state index contributed by atoms with van der Waals surface area (Å²) in [6, 6.07) is 6.75. The zero-order chi connectivity index (χ0) is 13.8. The highest BCUT2D eigenvalue weighted by molar-refractivity contribution is 5.64. The summed E-state index contributed by atoms with van der Waals surface area (Å²) < 4.78 is 5.52. The van der Waals surface area contributed by atoms with E-state index in [1.165, 1.54) is 76.1 Å². The summed E-state index contributed by atoms with van der Waals surface area (Å²) in [5.41, 5.74) is 2.68. The summed E-state index contributed by atoms with van der Waals surface area (Å²) in [5.74, 6) is 0.994. The molecule has 1 aromatic carbocycles. The average Bonchev–Trinajstić information content (AvgIpc) is 2.56. The molecule has 2 aliphatic heterocycles. The fraction of sp³-hybridized carbons (Fsp3) is 0.647. The van der Waals surface area contributed by atoms with E-state index in [4.69, 9.17) is 4.74 Å². The van der Waals surface area contributed by atoms with Crippen LogP contribution in [0, 0.1) is 0 Å².